The van der Waals surface area contributed by atoms with Crippen molar-refractivity contribution in [1.29, 1.82) is 0 Å². The van der Waals surface area contributed by atoms with Crippen molar-refractivity contribution in [2.24, 2.45) is 10.8 Å². The summed E-state index contributed by atoms with van der Waals surface area (Å²) in [4.78, 5) is 23.9. The van der Waals surface area contributed by atoms with Gasteiger partial charge in [0.1, 0.15) is 0 Å². The molecule has 0 radical (unpaired) electrons. The van der Waals surface area contributed by atoms with Gasteiger partial charge in [-0.05, 0) is 41.5 Å². The van der Waals surface area contributed by atoms with Crippen molar-refractivity contribution >= 4 is 11.8 Å². The summed E-state index contributed by atoms with van der Waals surface area (Å²) in [6.07, 6.45) is 20.6. The molecular weight excluding hydrogens is 696 g/mol. The van der Waals surface area contributed by atoms with Crippen LogP contribution in [0.1, 0.15) is 65.5 Å². The second-order valence-electron chi connectivity index (χ2n) is 12.4. The van der Waals surface area contributed by atoms with Crippen LogP contribution in [-0.4, -0.2) is 51.3 Å². The number of allylic oxidation sites excluding steroid dienone is 8. The number of ether oxygens (including phenoxy) is 2. The smallest absolute Gasteiger partial charge is 0.381 e. The van der Waals surface area contributed by atoms with Crippen LogP contribution in [0.5, 0.6) is 0 Å². The first-order valence-corrected chi connectivity index (χ1v) is 16.6. The molecular formula is C40H50F4N2O4Ti. The quantitative estimate of drug-likeness (QED) is 0.119. The molecule has 0 atom stereocenters. The van der Waals surface area contributed by atoms with Crippen LogP contribution < -0.4 is 10.6 Å². The Bertz CT molecular complexity index is 1310. The van der Waals surface area contributed by atoms with Crippen LogP contribution in [0.3, 0.4) is 0 Å². The van der Waals surface area contributed by atoms with E-state index in [1.54, 1.807) is 27.7 Å². The van der Waals surface area contributed by atoms with Crippen molar-refractivity contribution in [2.75, 3.05) is 39.5 Å². The van der Waals surface area contributed by atoms with E-state index in [1.807, 2.05) is 50.3 Å². The number of amides is 2. The van der Waals surface area contributed by atoms with Gasteiger partial charge in [0.25, 0.3) is 0 Å². The number of hydrogen-bond donors (Lipinski definition) is 2. The van der Waals surface area contributed by atoms with E-state index in [0.717, 1.165) is 25.0 Å². The molecule has 0 saturated heterocycles. The minimum absolute atomic E-state index is 0. The summed E-state index contributed by atoms with van der Waals surface area (Å²) >= 11 is 0. The van der Waals surface area contributed by atoms with Gasteiger partial charge in [-0.3, -0.25) is 21.7 Å². The van der Waals surface area contributed by atoms with Gasteiger partial charge >= 0.3 is 21.7 Å². The van der Waals surface area contributed by atoms with Gasteiger partial charge in [0, 0.05) is 49.6 Å². The van der Waals surface area contributed by atoms with Crippen LogP contribution in [0.2, 0.25) is 0 Å². The van der Waals surface area contributed by atoms with Gasteiger partial charge in [-0.1, -0.05) is 12.8 Å². The fraction of sp³-hybridized carbons (Fsp3) is 0.450. The summed E-state index contributed by atoms with van der Waals surface area (Å²) in [6.45, 7) is 13.2. The first-order valence-electron chi connectivity index (χ1n) is 16.6. The van der Waals surface area contributed by atoms with Crippen molar-refractivity contribution in [3.63, 3.8) is 0 Å². The van der Waals surface area contributed by atoms with Crippen molar-refractivity contribution in [1.82, 2.24) is 10.6 Å². The fourth-order valence-electron chi connectivity index (χ4n) is 3.96. The molecule has 2 aliphatic rings. The summed E-state index contributed by atoms with van der Waals surface area (Å²) in [5.41, 5.74) is -0.615. The van der Waals surface area contributed by atoms with E-state index in [1.165, 1.54) is 12.1 Å². The van der Waals surface area contributed by atoms with E-state index in [0.29, 0.717) is 50.4 Å². The Labute approximate surface area is 316 Å². The third kappa shape index (κ3) is 21.0. The molecule has 0 bridgehead atoms. The second kappa shape index (κ2) is 26.5. The average molecular weight is 747 g/mol. The number of benzene rings is 2. The molecule has 2 N–H and O–H groups in total. The molecule has 0 spiro atoms. The summed E-state index contributed by atoms with van der Waals surface area (Å²) in [5, 5.41) is 5.46. The van der Waals surface area contributed by atoms with Gasteiger partial charge in [-0.2, -0.15) is 24.3 Å². The van der Waals surface area contributed by atoms with Gasteiger partial charge in [0.15, 0.2) is 0 Å². The Balaban J connectivity index is 0.000000754. The minimum Gasteiger partial charge on any atom is -0.381 e. The molecule has 11 heteroatoms. The summed E-state index contributed by atoms with van der Waals surface area (Å²) in [5.74, 6) is -3.20. The molecule has 0 heterocycles. The molecule has 0 unspecified atom stereocenters. The predicted octanol–water partition coefficient (Wildman–Crippen LogP) is 7.58. The molecule has 276 valence electrons. The maximum atomic E-state index is 13.3. The van der Waals surface area contributed by atoms with E-state index in [4.69, 9.17) is 9.47 Å². The molecule has 0 fully saturated rings. The maximum Gasteiger partial charge on any atom is 4.00 e. The van der Waals surface area contributed by atoms with Gasteiger partial charge in [0.05, 0.1) is 24.0 Å². The molecule has 0 aliphatic heterocycles. The van der Waals surface area contributed by atoms with E-state index in [9.17, 15) is 27.2 Å². The van der Waals surface area contributed by atoms with Crippen molar-refractivity contribution in [2.45, 2.75) is 67.2 Å². The third-order valence-corrected chi connectivity index (χ3v) is 6.98. The van der Waals surface area contributed by atoms with Crippen molar-refractivity contribution in [3.05, 3.63) is 119 Å². The van der Waals surface area contributed by atoms with Crippen LogP contribution in [-0.2, 0) is 53.6 Å². The summed E-state index contributed by atoms with van der Waals surface area (Å²) in [7, 11) is 0. The predicted molar refractivity (Wildman–Crippen MR) is 188 cm³/mol. The molecule has 2 aliphatic carbocycles. The normalized spacial score (nSPS) is 12.4. The van der Waals surface area contributed by atoms with Gasteiger partial charge in [-0.15, -0.1) is 48.2 Å². The number of nitrogens with one attached hydrogen (secondary N) is 2. The summed E-state index contributed by atoms with van der Waals surface area (Å²) < 4.78 is 62.6. The summed E-state index contributed by atoms with van der Waals surface area (Å²) in [6, 6.07) is 8.96. The van der Waals surface area contributed by atoms with Crippen LogP contribution in [0, 0.1) is 58.4 Å². The Kier molecular flexibility index (Phi) is 24.8. The third-order valence-electron chi connectivity index (χ3n) is 6.98. The Morgan fingerprint density at radius 3 is 1.31 bits per heavy atom. The zero-order valence-corrected chi connectivity index (χ0v) is 32.1. The standard InChI is InChI=1S/2C15H20F2NO2.2C5H5.Ti/c2*1-4-20-10-15(2,3)14(19)18-8-7-11-5-6-12(16)9-13(11)17;2*1-2-4-5-3-1;/h2*5-6H,4,7-8,10H2,1-3H3,(H,18,19);2*1-3H,4H2;/q4*-1;+4. The largest absolute Gasteiger partial charge is 4.00 e. The van der Waals surface area contributed by atoms with E-state index in [-0.39, 0.29) is 46.6 Å². The van der Waals surface area contributed by atoms with Gasteiger partial charge in [0.2, 0.25) is 11.8 Å². The number of carbonyl (C=O) groups excluding carboxylic acids is 2. The molecule has 0 saturated carbocycles. The van der Waals surface area contributed by atoms with Gasteiger partial charge in [-0.25, -0.2) is 41.9 Å². The molecule has 0 aromatic heterocycles. The number of rotatable bonds is 14. The molecule has 4 rings (SSSR count). The fourth-order valence-corrected chi connectivity index (χ4v) is 3.96. The van der Waals surface area contributed by atoms with Gasteiger partial charge < -0.3 is 20.1 Å². The number of halogens is 4. The van der Waals surface area contributed by atoms with Crippen LogP contribution in [0.25, 0.3) is 0 Å². The molecule has 2 aromatic carbocycles. The van der Waals surface area contributed by atoms with E-state index < -0.39 is 34.1 Å². The minimum atomic E-state index is -0.729. The second-order valence-corrected chi connectivity index (χ2v) is 12.4. The number of hydrogen-bond acceptors (Lipinski definition) is 4. The number of carbonyl (C=O) groups is 2. The topological polar surface area (TPSA) is 76.7 Å². The molecule has 6 nitrogen and oxygen atoms in total. The molecule has 2 aromatic rings. The maximum absolute atomic E-state index is 13.3. The SMILES string of the molecule is CCOCC(C)(C)C(=O)NCCc1ccc(F)[c-]c1F.CCOCC(C)(C)C(=O)NCCc1ccc(F)[c-]c1F.[C-]1=CC=CC1.[C-]1=CC=CC1.[Ti+4]. The van der Waals surface area contributed by atoms with E-state index in [2.05, 4.69) is 34.9 Å². The van der Waals surface area contributed by atoms with Crippen molar-refractivity contribution < 1.29 is 58.3 Å². The Hall–Kier alpha value is -3.31. The zero-order chi connectivity index (χ0) is 37.4. The monoisotopic (exact) mass is 746 g/mol. The van der Waals surface area contributed by atoms with E-state index >= 15 is 0 Å². The Morgan fingerprint density at radius 2 is 1.06 bits per heavy atom. The van der Waals surface area contributed by atoms with Crippen molar-refractivity contribution in [3.8, 4) is 0 Å². The first kappa shape index (κ1) is 47.7. The van der Waals surface area contributed by atoms with Crippen LogP contribution in [0.4, 0.5) is 17.6 Å². The van der Waals surface area contributed by atoms with Crippen LogP contribution >= 0.6 is 0 Å². The molecule has 51 heavy (non-hydrogen) atoms. The van der Waals surface area contributed by atoms with Crippen LogP contribution in [0.15, 0.2) is 60.7 Å². The average Bonchev–Trinajstić information content (AvgIpc) is 3.86. The Morgan fingerprint density at radius 1 is 0.686 bits per heavy atom. The first-order chi connectivity index (χ1) is 23.7. The zero-order valence-electron chi connectivity index (χ0n) is 30.5. The molecule has 2 amide bonds.